The third-order valence-corrected chi connectivity index (χ3v) is 2.47. The second-order valence-corrected chi connectivity index (χ2v) is 3.52. The van der Waals surface area contributed by atoms with Gasteiger partial charge in [0.15, 0.2) is 0 Å². The minimum atomic E-state index is 0.180. The molecule has 0 aliphatic carbocycles. The maximum absolute atomic E-state index is 5.86. The molecule has 0 amide bonds. The smallest absolute Gasteiger partial charge is 0.0948 e. The molecule has 2 rings (SSSR count). The molecule has 0 unspecified atom stereocenters. The number of hydrogen-bond donors (Lipinski definition) is 2. The van der Waals surface area contributed by atoms with Crippen LogP contribution in [-0.4, -0.2) is 24.2 Å². The van der Waals surface area contributed by atoms with E-state index in [1.165, 1.54) is 0 Å². The van der Waals surface area contributed by atoms with Crippen molar-refractivity contribution >= 4 is 0 Å². The summed E-state index contributed by atoms with van der Waals surface area (Å²) >= 11 is 0. The summed E-state index contributed by atoms with van der Waals surface area (Å²) in [5.74, 6) is 0. The highest BCUT2D eigenvalue weighted by molar-refractivity contribution is 5.06. The maximum atomic E-state index is 5.86. The number of ether oxygens (including phenoxy) is 1. The summed E-state index contributed by atoms with van der Waals surface area (Å²) in [6.45, 7) is 4.16. The summed E-state index contributed by atoms with van der Waals surface area (Å²) in [5, 5.41) is 3.29. The van der Waals surface area contributed by atoms with E-state index in [2.05, 4.69) is 23.3 Å². The quantitative estimate of drug-likeness (QED) is 0.738. The van der Waals surface area contributed by atoms with E-state index >= 15 is 0 Å². The molecular weight excluding hydrogens is 164 g/mol. The Morgan fingerprint density at radius 1 is 1.62 bits per heavy atom. The standard InChI is InChI=1S/C10H16N2O/c1-8(10-3-2-5-12-10)13-9-4-6-11-7-9/h2-3,5,8-9,11-12H,4,6-7H2,1H3/t8-,9+/m0/s1. The molecule has 0 radical (unpaired) electrons. The molecule has 0 saturated carbocycles. The van der Waals surface area contributed by atoms with Crippen molar-refractivity contribution in [1.29, 1.82) is 0 Å². The monoisotopic (exact) mass is 180 g/mol. The molecule has 1 aromatic rings. The molecule has 0 aromatic carbocycles. The van der Waals surface area contributed by atoms with Crippen LogP contribution in [0, 0.1) is 0 Å². The van der Waals surface area contributed by atoms with Gasteiger partial charge in [0.05, 0.1) is 12.2 Å². The van der Waals surface area contributed by atoms with Gasteiger partial charge < -0.3 is 15.0 Å². The third-order valence-electron chi connectivity index (χ3n) is 2.47. The molecule has 72 valence electrons. The van der Waals surface area contributed by atoms with Crippen LogP contribution < -0.4 is 5.32 Å². The Hall–Kier alpha value is -0.800. The van der Waals surface area contributed by atoms with E-state index in [-0.39, 0.29) is 6.10 Å². The molecule has 1 aromatic heterocycles. The predicted molar refractivity (Wildman–Crippen MR) is 51.6 cm³/mol. The Morgan fingerprint density at radius 2 is 2.54 bits per heavy atom. The van der Waals surface area contributed by atoms with Gasteiger partial charge in [-0.3, -0.25) is 0 Å². The zero-order chi connectivity index (χ0) is 9.10. The number of nitrogens with one attached hydrogen (secondary N) is 2. The number of aromatic nitrogens is 1. The van der Waals surface area contributed by atoms with Crippen molar-refractivity contribution in [1.82, 2.24) is 10.3 Å². The van der Waals surface area contributed by atoms with Gasteiger partial charge in [0.25, 0.3) is 0 Å². The minimum Gasteiger partial charge on any atom is -0.368 e. The van der Waals surface area contributed by atoms with Crippen LogP contribution in [0.4, 0.5) is 0 Å². The number of aromatic amines is 1. The van der Waals surface area contributed by atoms with Crippen LogP contribution in [0.15, 0.2) is 18.3 Å². The molecule has 1 saturated heterocycles. The van der Waals surface area contributed by atoms with Crippen molar-refractivity contribution in [3.8, 4) is 0 Å². The molecule has 2 atom stereocenters. The van der Waals surface area contributed by atoms with Crippen LogP contribution in [0.3, 0.4) is 0 Å². The van der Waals surface area contributed by atoms with Crippen LogP contribution in [0.25, 0.3) is 0 Å². The number of rotatable bonds is 3. The first-order valence-electron chi connectivity index (χ1n) is 4.86. The third kappa shape index (κ3) is 2.11. The Bertz CT molecular complexity index is 239. The van der Waals surface area contributed by atoms with Gasteiger partial charge in [-0.2, -0.15) is 0 Å². The summed E-state index contributed by atoms with van der Waals surface area (Å²) < 4.78 is 5.86. The van der Waals surface area contributed by atoms with Crippen molar-refractivity contribution in [2.24, 2.45) is 0 Å². The Kier molecular flexibility index (Phi) is 2.66. The summed E-state index contributed by atoms with van der Waals surface area (Å²) in [7, 11) is 0. The summed E-state index contributed by atoms with van der Waals surface area (Å²) in [6.07, 6.45) is 3.63. The molecule has 3 nitrogen and oxygen atoms in total. The van der Waals surface area contributed by atoms with E-state index < -0.39 is 0 Å². The lowest BCUT2D eigenvalue weighted by Gasteiger charge is -2.16. The van der Waals surface area contributed by atoms with Gasteiger partial charge >= 0.3 is 0 Å². The zero-order valence-electron chi connectivity index (χ0n) is 7.92. The first-order valence-corrected chi connectivity index (χ1v) is 4.86. The minimum absolute atomic E-state index is 0.180. The fourth-order valence-corrected chi connectivity index (χ4v) is 1.70. The SMILES string of the molecule is C[C@H](O[C@@H]1CCNC1)c1ccc[nH]1. The first kappa shape index (κ1) is 8.78. The Labute approximate surface area is 78.5 Å². The van der Waals surface area contributed by atoms with Crippen molar-refractivity contribution < 1.29 is 4.74 Å². The number of hydrogen-bond acceptors (Lipinski definition) is 2. The second-order valence-electron chi connectivity index (χ2n) is 3.52. The summed E-state index contributed by atoms with van der Waals surface area (Å²) in [4.78, 5) is 3.17. The second kappa shape index (κ2) is 3.94. The van der Waals surface area contributed by atoms with Crippen LogP contribution in [-0.2, 0) is 4.74 Å². The zero-order valence-corrected chi connectivity index (χ0v) is 7.92. The topological polar surface area (TPSA) is 37.0 Å². The van der Waals surface area contributed by atoms with Gasteiger partial charge in [-0.15, -0.1) is 0 Å². The van der Waals surface area contributed by atoms with Crippen LogP contribution in [0.2, 0.25) is 0 Å². The lowest BCUT2D eigenvalue weighted by Crippen LogP contribution is -2.18. The molecule has 2 heterocycles. The highest BCUT2D eigenvalue weighted by Gasteiger charge is 2.18. The van der Waals surface area contributed by atoms with Crippen LogP contribution >= 0.6 is 0 Å². The largest absolute Gasteiger partial charge is 0.368 e. The van der Waals surface area contributed by atoms with Crippen molar-refractivity contribution in [3.63, 3.8) is 0 Å². The van der Waals surface area contributed by atoms with Crippen molar-refractivity contribution in [3.05, 3.63) is 24.0 Å². The molecular formula is C10H16N2O. The highest BCUT2D eigenvalue weighted by atomic mass is 16.5. The average molecular weight is 180 g/mol. The molecule has 0 spiro atoms. The van der Waals surface area contributed by atoms with E-state index in [1.807, 2.05) is 12.3 Å². The Morgan fingerprint density at radius 3 is 3.15 bits per heavy atom. The van der Waals surface area contributed by atoms with E-state index in [1.54, 1.807) is 0 Å². The van der Waals surface area contributed by atoms with E-state index in [0.717, 1.165) is 25.2 Å². The number of H-pyrrole nitrogens is 1. The first-order chi connectivity index (χ1) is 6.36. The average Bonchev–Trinajstić information content (AvgIpc) is 2.74. The molecule has 3 heteroatoms. The summed E-state index contributed by atoms with van der Waals surface area (Å²) in [5.41, 5.74) is 1.16. The lowest BCUT2D eigenvalue weighted by molar-refractivity contribution is 0.00629. The van der Waals surface area contributed by atoms with Crippen molar-refractivity contribution in [2.75, 3.05) is 13.1 Å². The van der Waals surface area contributed by atoms with Gasteiger partial charge in [-0.1, -0.05) is 0 Å². The fourth-order valence-electron chi connectivity index (χ4n) is 1.70. The summed E-state index contributed by atoms with van der Waals surface area (Å²) in [6, 6.07) is 4.06. The van der Waals surface area contributed by atoms with Gasteiger partial charge in [0.1, 0.15) is 0 Å². The molecule has 1 aliphatic rings. The normalized spacial score (nSPS) is 24.8. The van der Waals surface area contributed by atoms with Gasteiger partial charge in [-0.05, 0) is 32.0 Å². The molecule has 0 bridgehead atoms. The lowest BCUT2D eigenvalue weighted by atomic mass is 10.2. The molecule has 2 N–H and O–H groups in total. The van der Waals surface area contributed by atoms with Gasteiger partial charge in [0.2, 0.25) is 0 Å². The molecule has 1 aliphatic heterocycles. The Balaban J connectivity index is 1.87. The predicted octanol–water partition coefficient (Wildman–Crippen LogP) is 1.45. The van der Waals surface area contributed by atoms with Crippen LogP contribution in [0.5, 0.6) is 0 Å². The van der Waals surface area contributed by atoms with Gasteiger partial charge in [-0.25, -0.2) is 0 Å². The highest BCUT2D eigenvalue weighted by Crippen LogP contribution is 2.18. The molecule has 13 heavy (non-hydrogen) atoms. The van der Waals surface area contributed by atoms with E-state index in [0.29, 0.717) is 6.10 Å². The maximum Gasteiger partial charge on any atom is 0.0948 e. The van der Waals surface area contributed by atoms with Crippen molar-refractivity contribution in [2.45, 2.75) is 25.6 Å². The fraction of sp³-hybridized carbons (Fsp3) is 0.600. The van der Waals surface area contributed by atoms with E-state index in [4.69, 9.17) is 4.74 Å². The van der Waals surface area contributed by atoms with Crippen LogP contribution in [0.1, 0.15) is 25.1 Å². The van der Waals surface area contributed by atoms with Gasteiger partial charge in [0, 0.05) is 18.4 Å². The molecule has 1 fully saturated rings. The van der Waals surface area contributed by atoms with E-state index in [9.17, 15) is 0 Å².